The van der Waals surface area contributed by atoms with Crippen molar-refractivity contribution in [1.82, 2.24) is 5.32 Å². The minimum absolute atomic E-state index is 0.0274. The number of amides is 1. The molecule has 0 aromatic heterocycles. The van der Waals surface area contributed by atoms with Crippen LogP contribution >= 0.6 is 27.5 Å². The molecule has 2 aromatic rings. The molecule has 25 heavy (non-hydrogen) atoms. The molecule has 0 bridgehead atoms. The van der Waals surface area contributed by atoms with E-state index in [4.69, 9.17) is 11.6 Å². The van der Waals surface area contributed by atoms with Gasteiger partial charge in [-0.15, -0.1) is 0 Å². The van der Waals surface area contributed by atoms with Crippen molar-refractivity contribution < 1.29 is 4.79 Å². The lowest BCUT2D eigenvalue weighted by atomic mass is 9.85. The third kappa shape index (κ3) is 7.62. The van der Waals surface area contributed by atoms with E-state index in [1.54, 1.807) is 0 Å². The van der Waals surface area contributed by atoms with Crippen LogP contribution in [0.1, 0.15) is 37.8 Å². The highest BCUT2D eigenvalue weighted by Crippen LogP contribution is 2.22. The first-order valence-electron chi connectivity index (χ1n) is 8.60. The molecule has 134 valence electrons. The quantitative estimate of drug-likeness (QED) is 0.571. The lowest BCUT2D eigenvalue weighted by molar-refractivity contribution is -0.121. The summed E-state index contributed by atoms with van der Waals surface area (Å²) in [6.45, 7) is 5.05. The summed E-state index contributed by atoms with van der Waals surface area (Å²) in [7, 11) is 0. The molecule has 0 saturated heterocycles. The van der Waals surface area contributed by atoms with Crippen LogP contribution in [0.2, 0.25) is 5.02 Å². The van der Waals surface area contributed by atoms with Crippen molar-refractivity contribution >= 4 is 33.4 Å². The zero-order valence-corrected chi connectivity index (χ0v) is 17.2. The summed E-state index contributed by atoms with van der Waals surface area (Å²) in [6, 6.07) is 16.2. The number of aryl methyl sites for hydroxylation is 1. The fraction of sp³-hybridized carbons (Fsp3) is 0.381. The van der Waals surface area contributed by atoms with E-state index < -0.39 is 0 Å². The summed E-state index contributed by atoms with van der Waals surface area (Å²) in [5.74, 6) is 0.123. The average molecular weight is 423 g/mol. The van der Waals surface area contributed by atoms with E-state index in [-0.39, 0.29) is 11.3 Å². The van der Waals surface area contributed by atoms with Crippen molar-refractivity contribution in [2.24, 2.45) is 5.41 Å². The van der Waals surface area contributed by atoms with Crippen LogP contribution in [0.25, 0.3) is 0 Å². The molecule has 0 aliphatic heterocycles. The summed E-state index contributed by atoms with van der Waals surface area (Å²) >= 11 is 9.34. The first-order chi connectivity index (χ1) is 11.8. The normalized spacial score (nSPS) is 11.4. The lowest BCUT2D eigenvalue weighted by Gasteiger charge is -2.25. The minimum Gasteiger partial charge on any atom is -0.356 e. The minimum atomic E-state index is 0.0274. The van der Waals surface area contributed by atoms with E-state index in [0.29, 0.717) is 13.0 Å². The Hall–Kier alpha value is -1.32. The van der Waals surface area contributed by atoms with Crippen LogP contribution in [0.3, 0.4) is 0 Å². The Morgan fingerprint density at radius 1 is 1.04 bits per heavy atom. The Morgan fingerprint density at radius 3 is 2.28 bits per heavy atom. The van der Waals surface area contributed by atoms with Crippen molar-refractivity contribution in [3.63, 3.8) is 0 Å². The molecular weight excluding hydrogens is 398 g/mol. The summed E-state index contributed by atoms with van der Waals surface area (Å²) in [6.07, 6.45) is 3.23. The molecule has 0 aliphatic rings. The summed E-state index contributed by atoms with van der Waals surface area (Å²) in [5, 5.41) is 3.83. The van der Waals surface area contributed by atoms with E-state index in [0.717, 1.165) is 28.8 Å². The van der Waals surface area contributed by atoms with Crippen LogP contribution in [-0.4, -0.2) is 12.5 Å². The van der Waals surface area contributed by atoms with Gasteiger partial charge in [0, 0.05) is 22.5 Å². The Labute approximate surface area is 164 Å². The van der Waals surface area contributed by atoms with E-state index in [2.05, 4.69) is 59.4 Å². The molecule has 0 saturated carbocycles. The fourth-order valence-corrected chi connectivity index (χ4v) is 3.14. The van der Waals surface area contributed by atoms with Crippen molar-refractivity contribution in [2.45, 2.75) is 39.5 Å². The van der Waals surface area contributed by atoms with Gasteiger partial charge in [0.05, 0.1) is 0 Å². The van der Waals surface area contributed by atoms with Gasteiger partial charge in [-0.05, 0) is 60.1 Å². The third-order valence-electron chi connectivity index (χ3n) is 4.14. The molecule has 2 aromatic carbocycles. The number of benzene rings is 2. The molecule has 1 amide bonds. The first kappa shape index (κ1) is 20.0. The summed E-state index contributed by atoms with van der Waals surface area (Å²) < 4.78 is 1.09. The highest BCUT2D eigenvalue weighted by atomic mass is 79.9. The number of hydrogen-bond acceptors (Lipinski definition) is 1. The summed E-state index contributed by atoms with van der Waals surface area (Å²) in [5.41, 5.74) is 2.53. The van der Waals surface area contributed by atoms with Gasteiger partial charge < -0.3 is 5.32 Å². The molecule has 0 radical (unpaired) electrons. The molecule has 4 heteroatoms. The fourth-order valence-electron chi connectivity index (χ4n) is 2.75. The topological polar surface area (TPSA) is 29.1 Å². The third-order valence-corrected chi connectivity index (χ3v) is 4.92. The Morgan fingerprint density at radius 2 is 1.64 bits per heavy atom. The van der Waals surface area contributed by atoms with Crippen molar-refractivity contribution in [2.75, 3.05) is 6.54 Å². The van der Waals surface area contributed by atoms with Gasteiger partial charge in [0.1, 0.15) is 0 Å². The number of nitrogens with one attached hydrogen (secondary N) is 1. The summed E-state index contributed by atoms with van der Waals surface area (Å²) in [4.78, 5) is 12.1. The van der Waals surface area contributed by atoms with Gasteiger partial charge >= 0.3 is 0 Å². The first-order valence-corrected chi connectivity index (χ1v) is 9.77. The van der Waals surface area contributed by atoms with Crippen LogP contribution in [0, 0.1) is 5.41 Å². The second-order valence-electron chi connectivity index (χ2n) is 7.22. The monoisotopic (exact) mass is 421 g/mol. The zero-order chi connectivity index (χ0) is 18.3. The Kier molecular flexibility index (Phi) is 7.52. The standard InChI is InChI=1S/C21H25BrClNO/c1-21(2,14-17-6-10-18(22)11-7-17)15-24-20(25)5-3-4-16-8-12-19(23)13-9-16/h6-13H,3-5,14-15H2,1-2H3,(H,24,25). The molecule has 0 atom stereocenters. The van der Waals surface area contributed by atoms with Gasteiger partial charge in [0.2, 0.25) is 5.91 Å². The highest BCUT2D eigenvalue weighted by molar-refractivity contribution is 9.10. The van der Waals surface area contributed by atoms with Gasteiger partial charge in [0.25, 0.3) is 0 Å². The highest BCUT2D eigenvalue weighted by Gasteiger charge is 2.19. The van der Waals surface area contributed by atoms with E-state index >= 15 is 0 Å². The van der Waals surface area contributed by atoms with Crippen LogP contribution in [0.5, 0.6) is 0 Å². The van der Waals surface area contributed by atoms with E-state index in [9.17, 15) is 4.79 Å². The van der Waals surface area contributed by atoms with Gasteiger partial charge in [0.15, 0.2) is 0 Å². The van der Waals surface area contributed by atoms with Crippen LogP contribution < -0.4 is 5.32 Å². The SMILES string of the molecule is CC(C)(CNC(=O)CCCc1ccc(Cl)cc1)Cc1ccc(Br)cc1. The molecule has 0 spiro atoms. The zero-order valence-electron chi connectivity index (χ0n) is 14.8. The van der Waals surface area contributed by atoms with E-state index in [1.165, 1.54) is 11.1 Å². The van der Waals surface area contributed by atoms with Crippen molar-refractivity contribution in [3.05, 3.63) is 69.2 Å². The largest absolute Gasteiger partial charge is 0.356 e. The maximum absolute atomic E-state index is 12.1. The molecule has 0 unspecified atom stereocenters. The number of hydrogen-bond donors (Lipinski definition) is 1. The van der Waals surface area contributed by atoms with Crippen LogP contribution in [0.15, 0.2) is 53.0 Å². The number of carbonyl (C=O) groups is 1. The van der Waals surface area contributed by atoms with Gasteiger partial charge in [-0.2, -0.15) is 0 Å². The maximum Gasteiger partial charge on any atom is 0.220 e. The molecule has 0 heterocycles. The van der Waals surface area contributed by atoms with E-state index in [1.807, 2.05) is 24.3 Å². The molecule has 1 N–H and O–H groups in total. The average Bonchev–Trinajstić information content (AvgIpc) is 2.57. The number of rotatable bonds is 8. The van der Waals surface area contributed by atoms with Crippen LogP contribution in [0.4, 0.5) is 0 Å². The van der Waals surface area contributed by atoms with Gasteiger partial charge in [-0.1, -0.05) is 65.6 Å². The second-order valence-corrected chi connectivity index (χ2v) is 8.58. The predicted molar refractivity (Wildman–Crippen MR) is 109 cm³/mol. The molecule has 0 aliphatic carbocycles. The Bertz CT molecular complexity index is 680. The predicted octanol–water partition coefficient (Wildman–Crippen LogP) is 5.81. The molecule has 2 rings (SSSR count). The van der Waals surface area contributed by atoms with Crippen LogP contribution in [-0.2, 0) is 17.6 Å². The lowest BCUT2D eigenvalue weighted by Crippen LogP contribution is -2.35. The number of carbonyl (C=O) groups excluding carboxylic acids is 1. The number of halogens is 2. The Balaban J connectivity index is 1.70. The smallest absolute Gasteiger partial charge is 0.220 e. The van der Waals surface area contributed by atoms with Gasteiger partial charge in [-0.25, -0.2) is 0 Å². The van der Waals surface area contributed by atoms with Gasteiger partial charge in [-0.3, -0.25) is 4.79 Å². The molecule has 0 fully saturated rings. The molecular formula is C21H25BrClNO. The second kappa shape index (κ2) is 9.40. The van der Waals surface area contributed by atoms with Crippen molar-refractivity contribution in [1.29, 1.82) is 0 Å². The van der Waals surface area contributed by atoms with Crippen molar-refractivity contribution in [3.8, 4) is 0 Å². The maximum atomic E-state index is 12.1. The molecule has 2 nitrogen and oxygen atoms in total.